The number of benzene rings is 2. The van der Waals surface area contributed by atoms with E-state index < -0.39 is 12.0 Å². The number of amides is 1. The lowest BCUT2D eigenvalue weighted by atomic mass is 10.0. The van der Waals surface area contributed by atoms with E-state index in [0.717, 1.165) is 11.6 Å². The summed E-state index contributed by atoms with van der Waals surface area (Å²) in [5.41, 5.74) is 3.10. The highest BCUT2D eigenvalue weighted by atomic mass is 19.3. The Labute approximate surface area is 167 Å². The Morgan fingerprint density at radius 1 is 1.10 bits per heavy atom. The molecule has 0 aliphatic heterocycles. The van der Waals surface area contributed by atoms with Gasteiger partial charge in [-0.25, -0.2) is 0 Å². The fourth-order valence-corrected chi connectivity index (χ4v) is 2.50. The average molecular weight is 401 g/mol. The van der Waals surface area contributed by atoms with Gasteiger partial charge in [-0.2, -0.15) is 8.78 Å². The third-order valence-corrected chi connectivity index (χ3v) is 3.92. The summed E-state index contributed by atoms with van der Waals surface area (Å²) < 4.78 is 24.6. The molecule has 0 radical (unpaired) electrons. The molecule has 0 aromatic heterocycles. The molecule has 0 heterocycles. The van der Waals surface area contributed by atoms with E-state index in [2.05, 4.69) is 15.6 Å². The molecule has 2 rings (SSSR count). The van der Waals surface area contributed by atoms with Crippen LogP contribution in [0.4, 0.5) is 8.78 Å². The molecule has 29 heavy (non-hydrogen) atoms. The van der Waals surface area contributed by atoms with E-state index in [1.807, 2.05) is 6.07 Å². The minimum Gasteiger partial charge on any atom is -0.398 e. The highest BCUT2D eigenvalue weighted by molar-refractivity contribution is 6.45. The van der Waals surface area contributed by atoms with Gasteiger partial charge in [-0.05, 0) is 18.1 Å². The van der Waals surface area contributed by atoms with Crippen LogP contribution in [0.25, 0.3) is 6.08 Å². The third-order valence-electron chi connectivity index (χ3n) is 3.92. The minimum absolute atomic E-state index is 0.0983. The van der Waals surface area contributed by atoms with Crippen molar-refractivity contribution in [2.45, 2.75) is 13.5 Å². The van der Waals surface area contributed by atoms with Gasteiger partial charge in [0.05, 0.1) is 5.71 Å². The topological polar surface area (TPSA) is 72.3 Å². The molecule has 2 aromatic carbocycles. The van der Waals surface area contributed by atoms with Crippen molar-refractivity contribution in [1.29, 1.82) is 0 Å². The van der Waals surface area contributed by atoms with E-state index in [-0.39, 0.29) is 12.3 Å². The van der Waals surface area contributed by atoms with Gasteiger partial charge >= 0.3 is 0 Å². The second kappa shape index (κ2) is 10.7. The largest absolute Gasteiger partial charge is 0.398 e. The number of halogens is 2. The van der Waals surface area contributed by atoms with E-state index in [9.17, 15) is 13.6 Å². The predicted molar refractivity (Wildman–Crippen MR) is 108 cm³/mol. The predicted octanol–water partition coefficient (Wildman–Crippen LogP) is 3.96. The zero-order valence-corrected chi connectivity index (χ0v) is 16.3. The van der Waals surface area contributed by atoms with Gasteiger partial charge in [0.1, 0.15) is 13.7 Å². The molecular weight excluding hydrogens is 380 g/mol. The molecule has 152 valence electrons. The van der Waals surface area contributed by atoms with Crippen LogP contribution in [0, 0.1) is 0 Å². The lowest BCUT2D eigenvalue weighted by Crippen LogP contribution is -2.29. The highest BCUT2D eigenvalue weighted by Gasteiger charge is 2.17. The number of likely N-dealkylation sites (N-methyl/N-ethyl adjacent to an activating group) is 1. The normalized spacial score (nSPS) is 11.6. The average Bonchev–Trinajstić information content (AvgIpc) is 2.72. The number of oxime groups is 2. The Morgan fingerprint density at radius 3 is 2.41 bits per heavy atom. The van der Waals surface area contributed by atoms with Gasteiger partial charge in [-0.1, -0.05) is 58.8 Å². The Bertz CT molecular complexity index is 934. The Kier molecular flexibility index (Phi) is 8.02. The molecule has 8 heteroatoms. The number of hydrogen-bond donors (Lipinski definition) is 1. The first-order valence-electron chi connectivity index (χ1n) is 8.67. The number of carbonyl (C=O) groups is 1. The molecule has 6 nitrogen and oxygen atoms in total. The van der Waals surface area contributed by atoms with Crippen LogP contribution in [0.5, 0.6) is 0 Å². The zero-order valence-electron chi connectivity index (χ0n) is 16.3. The van der Waals surface area contributed by atoms with Gasteiger partial charge in [-0.15, -0.1) is 0 Å². The quantitative estimate of drug-likeness (QED) is 0.538. The summed E-state index contributed by atoms with van der Waals surface area (Å²) >= 11 is 0. The summed E-state index contributed by atoms with van der Waals surface area (Å²) in [6, 6.07) is 13.6. The second-order valence-corrected chi connectivity index (χ2v) is 5.86. The third kappa shape index (κ3) is 6.24. The number of rotatable bonds is 8. The van der Waals surface area contributed by atoms with Crippen molar-refractivity contribution in [3.05, 3.63) is 76.9 Å². The summed E-state index contributed by atoms with van der Waals surface area (Å²) in [4.78, 5) is 22.3. The van der Waals surface area contributed by atoms with Gasteiger partial charge in [-0.3, -0.25) is 4.79 Å². The Balaban J connectivity index is 2.15. The number of carbonyl (C=O) groups excluding carboxylic acids is 1. The molecule has 1 amide bonds. The van der Waals surface area contributed by atoms with Crippen molar-refractivity contribution in [3.63, 3.8) is 0 Å². The first kappa shape index (κ1) is 21.7. The Hall–Kier alpha value is -3.55. The van der Waals surface area contributed by atoms with Crippen molar-refractivity contribution >= 4 is 23.4 Å². The van der Waals surface area contributed by atoms with Crippen molar-refractivity contribution < 1.29 is 23.3 Å². The van der Waals surface area contributed by atoms with Crippen molar-refractivity contribution in [2.75, 3.05) is 14.2 Å². The molecule has 0 saturated heterocycles. The highest BCUT2D eigenvalue weighted by Crippen LogP contribution is 2.14. The summed E-state index contributed by atoms with van der Waals surface area (Å²) in [5.74, 6) is -0.391. The number of nitrogens with zero attached hydrogens (tertiary/aromatic N) is 2. The fourth-order valence-electron chi connectivity index (χ4n) is 2.50. The van der Waals surface area contributed by atoms with Crippen molar-refractivity contribution in [1.82, 2.24) is 5.32 Å². The van der Waals surface area contributed by atoms with Crippen molar-refractivity contribution in [3.8, 4) is 0 Å². The van der Waals surface area contributed by atoms with E-state index in [0.29, 0.717) is 22.4 Å². The molecule has 0 unspecified atom stereocenters. The number of hydrogen-bond acceptors (Lipinski definition) is 5. The van der Waals surface area contributed by atoms with E-state index in [1.54, 1.807) is 49.4 Å². The molecule has 0 saturated carbocycles. The molecule has 0 fully saturated rings. The molecule has 0 aliphatic rings. The summed E-state index contributed by atoms with van der Waals surface area (Å²) in [6.07, 6.45) is -0.965. The standard InChI is InChI=1S/C21H21F2N3O3/c1-14(16-10-8-15(9-11-16)12-19(22)23)25-29-13-17-6-4-5-7-18(17)20(26-28-3)21(27)24-2/h4-12H,13H2,1-3H3,(H,24,27)/b25-14?,26-20+. The van der Waals surface area contributed by atoms with Gasteiger partial charge in [0, 0.05) is 24.3 Å². The minimum atomic E-state index is -1.75. The first-order valence-corrected chi connectivity index (χ1v) is 8.67. The van der Waals surface area contributed by atoms with Crippen LogP contribution >= 0.6 is 0 Å². The van der Waals surface area contributed by atoms with Gasteiger partial charge in [0.25, 0.3) is 12.0 Å². The van der Waals surface area contributed by atoms with Crippen LogP contribution in [0.2, 0.25) is 0 Å². The maximum absolute atomic E-state index is 12.3. The van der Waals surface area contributed by atoms with Crippen LogP contribution < -0.4 is 5.32 Å². The Morgan fingerprint density at radius 2 is 1.79 bits per heavy atom. The molecule has 0 bridgehead atoms. The number of nitrogens with one attached hydrogen (secondary N) is 1. The summed E-state index contributed by atoms with van der Waals surface area (Å²) in [5, 5.41) is 10.4. The maximum Gasteiger partial charge on any atom is 0.273 e. The summed E-state index contributed by atoms with van der Waals surface area (Å²) in [6.45, 7) is 1.84. The fraction of sp³-hybridized carbons (Fsp3) is 0.190. The first-order chi connectivity index (χ1) is 14.0. The van der Waals surface area contributed by atoms with Crippen LogP contribution in [0.1, 0.15) is 29.2 Å². The van der Waals surface area contributed by atoms with E-state index in [1.165, 1.54) is 14.2 Å². The molecule has 0 atom stereocenters. The molecule has 2 aromatic rings. The second-order valence-electron chi connectivity index (χ2n) is 5.86. The van der Waals surface area contributed by atoms with Crippen molar-refractivity contribution in [2.24, 2.45) is 10.3 Å². The van der Waals surface area contributed by atoms with Crippen LogP contribution in [-0.2, 0) is 21.1 Å². The van der Waals surface area contributed by atoms with Gasteiger partial charge in [0.15, 0.2) is 5.71 Å². The zero-order chi connectivity index (χ0) is 21.2. The summed E-state index contributed by atoms with van der Waals surface area (Å²) in [7, 11) is 2.86. The van der Waals surface area contributed by atoms with Gasteiger partial charge in [0.2, 0.25) is 0 Å². The maximum atomic E-state index is 12.3. The van der Waals surface area contributed by atoms with Crippen LogP contribution in [-0.4, -0.2) is 31.5 Å². The monoisotopic (exact) mass is 401 g/mol. The van der Waals surface area contributed by atoms with Crippen LogP contribution in [0.15, 0.2) is 64.9 Å². The van der Waals surface area contributed by atoms with Crippen LogP contribution in [0.3, 0.4) is 0 Å². The molecular formula is C21H21F2N3O3. The lowest BCUT2D eigenvalue weighted by molar-refractivity contribution is -0.114. The smallest absolute Gasteiger partial charge is 0.273 e. The molecule has 0 spiro atoms. The lowest BCUT2D eigenvalue weighted by Gasteiger charge is -2.10. The SMILES string of the molecule is CNC(=O)/C(=N/OC)c1ccccc1CON=C(C)c1ccc(C=C(F)F)cc1. The van der Waals surface area contributed by atoms with E-state index >= 15 is 0 Å². The van der Waals surface area contributed by atoms with Gasteiger partial charge < -0.3 is 15.0 Å². The molecule has 1 N–H and O–H groups in total. The van der Waals surface area contributed by atoms with E-state index in [4.69, 9.17) is 9.68 Å². The molecule has 0 aliphatic carbocycles.